The number of fused-ring (bicyclic) bond motifs is 1. The van der Waals surface area contributed by atoms with Crippen LogP contribution in [0, 0.1) is 0 Å². The Kier molecular flexibility index (Phi) is 1.27. The van der Waals surface area contributed by atoms with E-state index in [0.717, 1.165) is 19.1 Å². The smallest absolute Gasteiger partial charge is 0.0542 e. The van der Waals surface area contributed by atoms with Crippen LogP contribution in [0.3, 0.4) is 0 Å². The Balaban J connectivity index is 2.07. The van der Waals surface area contributed by atoms with E-state index in [0.29, 0.717) is 0 Å². The van der Waals surface area contributed by atoms with Crippen LogP contribution in [0.2, 0.25) is 0 Å². The summed E-state index contributed by atoms with van der Waals surface area (Å²) in [4.78, 5) is 6.77. The van der Waals surface area contributed by atoms with Crippen LogP contribution in [0.1, 0.15) is 12.8 Å². The van der Waals surface area contributed by atoms with Crippen LogP contribution in [0.5, 0.6) is 0 Å². The lowest BCUT2D eigenvalue weighted by Gasteiger charge is -2.24. The van der Waals surface area contributed by atoms with Crippen molar-refractivity contribution in [2.24, 2.45) is 4.99 Å². The van der Waals surface area contributed by atoms with Gasteiger partial charge in [-0.15, -0.1) is 0 Å². The predicted octanol–water partition coefficient (Wildman–Crippen LogP) is 0.535. The van der Waals surface area contributed by atoms with Gasteiger partial charge in [-0.2, -0.15) is 0 Å². The summed E-state index contributed by atoms with van der Waals surface area (Å²) in [5.74, 6) is 0. The van der Waals surface area contributed by atoms with Gasteiger partial charge >= 0.3 is 0 Å². The highest BCUT2D eigenvalue weighted by Gasteiger charge is 2.24. The number of aliphatic imine (C=N–C) groups is 1. The van der Waals surface area contributed by atoms with Crippen LogP contribution >= 0.6 is 0 Å². The van der Waals surface area contributed by atoms with Crippen molar-refractivity contribution in [1.29, 1.82) is 0 Å². The molecule has 0 radical (unpaired) electrons. The zero-order chi connectivity index (χ0) is 6.10. The average molecular weight is 124 g/mol. The molecule has 0 bridgehead atoms. The molecular formula is C7H12N2. The van der Waals surface area contributed by atoms with Crippen LogP contribution in [0.15, 0.2) is 4.99 Å². The van der Waals surface area contributed by atoms with E-state index < -0.39 is 0 Å². The van der Waals surface area contributed by atoms with Crippen LogP contribution in [0.4, 0.5) is 0 Å². The largest absolute Gasteiger partial charge is 0.295 e. The lowest BCUT2D eigenvalue weighted by molar-refractivity contribution is 0.287. The molecule has 50 valence electrons. The Labute approximate surface area is 55.6 Å². The first-order valence-corrected chi connectivity index (χ1v) is 3.69. The quantitative estimate of drug-likeness (QED) is 0.460. The lowest BCUT2D eigenvalue weighted by Crippen LogP contribution is -2.36. The second-order valence-electron chi connectivity index (χ2n) is 2.84. The van der Waals surface area contributed by atoms with Crippen molar-refractivity contribution in [3.05, 3.63) is 0 Å². The molecule has 2 heteroatoms. The van der Waals surface area contributed by atoms with Crippen molar-refractivity contribution >= 4 is 6.21 Å². The molecule has 1 fully saturated rings. The maximum absolute atomic E-state index is 4.25. The summed E-state index contributed by atoms with van der Waals surface area (Å²) < 4.78 is 0. The van der Waals surface area contributed by atoms with Gasteiger partial charge in [-0.3, -0.25) is 9.89 Å². The maximum atomic E-state index is 4.25. The second-order valence-corrected chi connectivity index (χ2v) is 2.84. The van der Waals surface area contributed by atoms with E-state index in [1.54, 1.807) is 0 Å². The van der Waals surface area contributed by atoms with Gasteiger partial charge in [0.1, 0.15) is 0 Å². The predicted molar refractivity (Wildman–Crippen MR) is 38.0 cm³/mol. The Morgan fingerprint density at radius 2 is 2.56 bits per heavy atom. The first-order valence-electron chi connectivity index (χ1n) is 3.69. The fourth-order valence-electron chi connectivity index (χ4n) is 1.70. The van der Waals surface area contributed by atoms with E-state index >= 15 is 0 Å². The summed E-state index contributed by atoms with van der Waals surface area (Å²) in [5, 5.41) is 0. The van der Waals surface area contributed by atoms with Crippen LogP contribution < -0.4 is 0 Å². The SMILES string of the molecule is C1=NCC2CCCN2C1. The second kappa shape index (κ2) is 2.10. The molecule has 0 saturated carbocycles. The topological polar surface area (TPSA) is 15.6 Å². The van der Waals surface area contributed by atoms with Gasteiger partial charge in [-0.1, -0.05) is 0 Å². The van der Waals surface area contributed by atoms with E-state index in [9.17, 15) is 0 Å². The van der Waals surface area contributed by atoms with Crippen LogP contribution in [-0.4, -0.2) is 36.8 Å². The zero-order valence-corrected chi connectivity index (χ0v) is 5.58. The van der Waals surface area contributed by atoms with E-state index in [1.165, 1.54) is 19.4 Å². The van der Waals surface area contributed by atoms with Gasteiger partial charge in [0.2, 0.25) is 0 Å². The summed E-state index contributed by atoms with van der Waals surface area (Å²) in [7, 11) is 0. The van der Waals surface area contributed by atoms with Gasteiger partial charge in [-0.05, 0) is 19.4 Å². The molecule has 1 unspecified atom stereocenters. The fourth-order valence-corrected chi connectivity index (χ4v) is 1.70. The Hall–Kier alpha value is -0.370. The molecule has 0 N–H and O–H groups in total. The van der Waals surface area contributed by atoms with Gasteiger partial charge < -0.3 is 0 Å². The van der Waals surface area contributed by atoms with Crippen molar-refractivity contribution < 1.29 is 0 Å². The van der Waals surface area contributed by atoms with Crippen molar-refractivity contribution in [3.63, 3.8) is 0 Å². The van der Waals surface area contributed by atoms with Gasteiger partial charge in [-0.25, -0.2) is 0 Å². The first-order chi connectivity index (χ1) is 4.47. The number of rotatable bonds is 0. The van der Waals surface area contributed by atoms with Crippen molar-refractivity contribution in [2.75, 3.05) is 19.6 Å². The van der Waals surface area contributed by atoms with Crippen LogP contribution in [-0.2, 0) is 0 Å². The molecule has 0 aliphatic carbocycles. The Morgan fingerprint density at radius 3 is 3.44 bits per heavy atom. The van der Waals surface area contributed by atoms with Gasteiger partial charge in [0.25, 0.3) is 0 Å². The summed E-state index contributed by atoms with van der Waals surface area (Å²) in [5.41, 5.74) is 0. The van der Waals surface area contributed by atoms with Gasteiger partial charge in [0, 0.05) is 18.8 Å². The minimum atomic E-state index is 0.801. The molecule has 1 saturated heterocycles. The summed E-state index contributed by atoms with van der Waals surface area (Å²) in [6.07, 6.45) is 4.80. The highest BCUT2D eigenvalue weighted by Crippen LogP contribution is 2.17. The average Bonchev–Trinajstić information content (AvgIpc) is 2.33. The lowest BCUT2D eigenvalue weighted by atomic mass is 10.2. The normalized spacial score (nSPS) is 34.9. The molecule has 0 aromatic rings. The summed E-state index contributed by atoms with van der Waals surface area (Å²) in [6, 6.07) is 0.801. The molecule has 1 atom stereocenters. The third-order valence-electron chi connectivity index (χ3n) is 2.26. The fraction of sp³-hybridized carbons (Fsp3) is 0.857. The van der Waals surface area contributed by atoms with Gasteiger partial charge in [0.05, 0.1) is 6.54 Å². The van der Waals surface area contributed by atoms with Crippen molar-refractivity contribution in [3.8, 4) is 0 Å². The third kappa shape index (κ3) is 0.874. The molecule has 0 aromatic carbocycles. The standard InChI is InChI=1S/C7H12N2/c1-2-7-6-8-3-5-9(7)4-1/h3,7H,1-2,4-6H2. The number of hydrogen-bond donors (Lipinski definition) is 0. The van der Waals surface area contributed by atoms with E-state index in [2.05, 4.69) is 9.89 Å². The van der Waals surface area contributed by atoms with Crippen molar-refractivity contribution in [2.45, 2.75) is 18.9 Å². The molecule has 0 aromatic heterocycles. The van der Waals surface area contributed by atoms with E-state index in [1.807, 2.05) is 6.21 Å². The molecule has 0 amide bonds. The molecule has 2 aliphatic heterocycles. The molecule has 2 aliphatic rings. The van der Waals surface area contributed by atoms with E-state index in [-0.39, 0.29) is 0 Å². The Morgan fingerprint density at radius 1 is 1.56 bits per heavy atom. The van der Waals surface area contributed by atoms with E-state index in [4.69, 9.17) is 0 Å². The maximum Gasteiger partial charge on any atom is 0.0542 e. The molecule has 0 spiro atoms. The molecule has 9 heavy (non-hydrogen) atoms. The summed E-state index contributed by atoms with van der Waals surface area (Å²) in [6.45, 7) is 3.46. The number of hydrogen-bond acceptors (Lipinski definition) is 2. The zero-order valence-electron chi connectivity index (χ0n) is 5.58. The minimum Gasteiger partial charge on any atom is -0.295 e. The highest BCUT2D eigenvalue weighted by atomic mass is 15.2. The molecule has 2 rings (SSSR count). The first kappa shape index (κ1) is 5.42. The highest BCUT2D eigenvalue weighted by molar-refractivity contribution is 5.60. The van der Waals surface area contributed by atoms with Gasteiger partial charge in [0.15, 0.2) is 0 Å². The van der Waals surface area contributed by atoms with Crippen LogP contribution in [0.25, 0.3) is 0 Å². The summed E-state index contributed by atoms with van der Waals surface area (Å²) >= 11 is 0. The Bertz CT molecular complexity index is 117. The molecular weight excluding hydrogens is 112 g/mol. The van der Waals surface area contributed by atoms with Crippen molar-refractivity contribution in [1.82, 2.24) is 4.90 Å². The minimum absolute atomic E-state index is 0.801. The monoisotopic (exact) mass is 124 g/mol. The molecule has 2 nitrogen and oxygen atoms in total. The number of nitrogens with zero attached hydrogens (tertiary/aromatic N) is 2. The third-order valence-corrected chi connectivity index (χ3v) is 2.26. The molecule has 2 heterocycles.